The maximum atomic E-state index is 12.6. The maximum absolute atomic E-state index is 12.6. The predicted octanol–water partition coefficient (Wildman–Crippen LogP) is 2.30. The van der Waals surface area contributed by atoms with Crippen molar-refractivity contribution in [2.75, 3.05) is 17.9 Å². The Kier molecular flexibility index (Phi) is 5.28. The van der Waals surface area contributed by atoms with Crippen molar-refractivity contribution in [3.8, 4) is 0 Å². The molecular formula is C17H21N3O5S. The van der Waals surface area contributed by atoms with Crippen LogP contribution in [0.1, 0.15) is 41.7 Å². The van der Waals surface area contributed by atoms with Crippen LogP contribution in [0.5, 0.6) is 0 Å². The molecule has 1 fully saturated rings. The molecule has 0 atom stereocenters. The summed E-state index contributed by atoms with van der Waals surface area (Å²) in [4.78, 5) is 11.3. The lowest BCUT2D eigenvalue weighted by molar-refractivity contribution is 0.0663. The summed E-state index contributed by atoms with van der Waals surface area (Å²) < 4.78 is 34.6. The molecule has 0 radical (unpaired) electrons. The van der Waals surface area contributed by atoms with Gasteiger partial charge in [0, 0.05) is 25.5 Å². The van der Waals surface area contributed by atoms with Gasteiger partial charge in [-0.25, -0.2) is 13.2 Å². The second-order valence-corrected chi connectivity index (χ2v) is 7.79. The van der Waals surface area contributed by atoms with Crippen molar-refractivity contribution in [1.82, 2.24) is 9.78 Å². The Morgan fingerprint density at radius 2 is 2.08 bits per heavy atom. The molecule has 140 valence electrons. The van der Waals surface area contributed by atoms with Gasteiger partial charge in [0.2, 0.25) is 0 Å². The van der Waals surface area contributed by atoms with Gasteiger partial charge in [-0.3, -0.25) is 9.40 Å². The van der Waals surface area contributed by atoms with E-state index in [0.29, 0.717) is 25.2 Å². The fraction of sp³-hybridized carbons (Fsp3) is 0.412. The van der Waals surface area contributed by atoms with Crippen LogP contribution in [-0.2, 0) is 21.2 Å². The number of nitrogens with one attached hydrogen (secondary N) is 1. The summed E-state index contributed by atoms with van der Waals surface area (Å²) >= 11 is 0. The molecule has 8 nitrogen and oxygen atoms in total. The van der Waals surface area contributed by atoms with Crippen molar-refractivity contribution in [3.63, 3.8) is 0 Å². The van der Waals surface area contributed by atoms with Gasteiger partial charge in [-0.1, -0.05) is 13.0 Å². The molecule has 0 unspecified atom stereocenters. The Bertz CT molecular complexity index is 901. The van der Waals surface area contributed by atoms with Gasteiger partial charge in [-0.15, -0.1) is 0 Å². The van der Waals surface area contributed by atoms with Crippen molar-refractivity contribution in [1.29, 1.82) is 0 Å². The number of carboxylic acid groups (broad SMARTS) is 1. The zero-order chi connectivity index (χ0) is 18.7. The van der Waals surface area contributed by atoms with Gasteiger partial charge in [0.15, 0.2) is 5.82 Å². The number of hydrogen-bond acceptors (Lipinski definition) is 5. The SMILES string of the molecule is CCc1ccc(S(=O)(=O)Nc2ccn(C3CCOCC3)n2)cc1C(=O)O. The van der Waals surface area contributed by atoms with Crippen molar-refractivity contribution in [2.24, 2.45) is 0 Å². The number of aromatic carboxylic acids is 1. The maximum Gasteiger partial charge on any atom is 0.336 e. The van der Waals surface area contributed by atoms with Crippen LogP contribution < -0.4 is 4.72 Å². The van der Waals surface area contributed by atoms with Gasteiger partial charge in [0.1, 0.15) is 0 Å². The lowest BCUT2D eigenvalue weighted by Gasteiger charge is -2.22. The first-order valence-corrected chi connectivity index (χ1v) is 9.91. The van der Waals surface area contributed by atoms with E-state index in [9.17, 15) is 18.3 Å². The van der Waals surface area contributed by atoms with Crippen molar-refractivity contribution >= 4 is 21.8 Å². The third-order valence-corrected chi connectivity index (χ3v) is 5.77. The third-order valence-electron chi connectivity index (χ3n) is 4.42. The van der Waals surface area contributed by atoms with E-state index in [0.717, 1.165) is 12.8 Å². The number of benzene rings is 1. The second kappa shape index (κ2) is 7.46. The van der Waals surface area contributed by atoms with E-state index in [1.807, 2.05) is 6.92 Å². The van der Waals surface area contributed by atoms with E-state index >= 15 is 0 Å². The molecule has 0 amide bonds. The lowest BCUT2D eigenvalue weighted by atomic mass is 10.1. The first-order chi connectivity index (χ1) is 12.4. The molecule has 3 rings (SSSR count). The molecule has 1 aliphatic heterocycles. The van der Waals surface area contributed by atoms with Crippen molar-refractivity contribution < 1.29 is 23.1 Å². The molecule has 0 bridgehead atoms. The molecule has 26 heavy (non-hydrogen) atoms. The zero-order valence-electron chi connectivity index (χ0n) is 14.4. The number of sulfonamides is 1. The molecule has 0 spiro atoms. The second-order valence-electron chi connectivity index (χ2n) is 6.11. The average Bonchev–Trinajstić information content (AvgIpc) is 3.09. The topological polar surface area (TPSA) is 111 Å². The smallest absolute Gasteiger partial charge is 0.336 e. The summed E-state index contributed by atoms with van der Waals surface area (Å²) in [6, 6.07) is 5.89. The molecule has 2 aromatic rings. The minimum Gasteiger partial charge on any atom is -0.478 e. The first kappa shape index (κ1) is 18.4. The van der Waals surface area contributed by atoms with Gasteiger partial charge in [0.25, 0.3) is 10.0 Å². The van der Waals surface area contributed by atoms with E-state index < -0.39 is 16.0 Å². The molecule has 2 N–H and O–H groups in total. The van der Waals surface area contributed by atoms with Crippen LogP contribution in [-0.4, -0.2) is 42.5 Å². The van der Waals surface area contributed by atoms with Gasteiger partial charge in [-0.05, 0) is 37.0 Å². The molecular weight excluding hydrogens is 358 g/mol. The van der Waals surface area contributed by atoms with Crippen LogP contribution in [0, 0.1) is 0 Å². The summed E-state index contributed by atoms with van der Waals surface area (Å²) in [6.45, 7) is 3.14. The van der Waals surface area contributed by atoms with Crippen molar-refractivity contribution in [3.05, 3.63) is 41.6 Å². The van der Waals surface area contributed by atoms with E-state index in [1.165, 1.54) is 18.2 Å². The molecule has 2 heterocycles. The van der Waals surface area contributed by atoms with Crippen LogP contribution in [0.25, 0.3) is 0 Å². The fourth-order valence-electron chi connectivity index (χ4n) is 2.97. The number of anilines is 1. The zero-order valence-corrected chi connectivity index (χ0v) is 15.2. The van der Waals surface area contributed by atoms with E-state index in [-0.39, 0.29) is 22.3 Å². The highest BCUT2D eigenvalue weighted by Gasteiger charge is 2.21. The number of nitrogens with zero attached hydrogens (tertiary/aromatic N) is 2. The Morgan fingerprint density at radius 1 is 1.35 bits per heavy atom. The highest BCUT2D eigenvalue weighted by Crippen LogP contribution is 2.23. The monoisotopic (exact) mass is 379 g/mol. The minimum absolute atomic E-state index is 0.0110. The summed E-state index contributed by atoms with van der Waals surface area (Å²) in [6.07, 6.45) is 3.89. The number of aromatic nitrogens is 2. The Labute approximate surface area is 151 Å². The Hall–Kier alpha value is -2.39. The molecule has 0 saturated carbocycles. The van der Waals surface area contributed by atoms with E-state index in [2.05, 4.69) is 9.82 Å². The van der Waals surface area contributed by atoms with Crippen LogP contribution in [0.15, 0.2) is 35.4 Å². The van der Waals surface area contributed by atoms with Crippen LogP contribution in [0.2, 0.25) is 0 Å². The molecule has 0 aliphatic carbocycles. The van der Waals surface area contributed by atoms with Crippen LogP contribution >= 0.6 is 0 Å². The quantitative estimate of drug-likeness (QED) is 0.797. The number of carbonyl (C=O) groups is 1. The lowest BCUT2D eigenvalue weighted by Crippen LogP contribution is -2.20. The van der Waals surface area contributed by atoms with Crippen LogP contribution in [0.4, 0.5) is 5.82 Å². The van der Waals surface area contributed by atoms with E-state index in [1.54, 1.807) is 16.9 Å². The highest BCUT2D eigenvalue weighted by molar-refractivity contribution is 7.92. The average molecular weight is 379 g/mol. The predicted molar refractivity (Wildman–Crippen MR) is 94.9 cm³/mol. The molecule has 1 saturated heterocycles. The summed E-state index contributed by atoms with van der Waals surface area (Å²) in [5.41, 5.74) is 0.573. The van der Waals surface area contributed by atoms with Gasteiger partial charge in [0.05, 0.1) is 16.5 Å². The number of hydrogen-bond donors (Lipinski definition) is 2. The Morgan fingerprint density at radius 3 is 2.73 bits per heavy atom. The third kappa shape index (κ3) is 3.88. The number of ether oxygens (including phenoxy) is 1. The fourth-order valence-corrected chi connectivity index (χ4v) is 3.99. The molecule has 9 heteroatoms. The van der Waals surface area contributed by atoms with Crippen molar-refractivity contribution in [2.45, 2.75) is 37.1 Å². The van der Waals surface area contributed by atoms with Gasteiger partial charge in [-0.2, -0.15) is 5.10 Å². The van der Waals surface area contributed by atoms with E-state index in [4.69, 9.17) is 4.74 Å². The highest BCUT2D eigenvalue weighted by atomic mass is 32.2. The van der Waals surface area contributed by atoms with Gasteiger partial charge >= 0.3 is 5.97 Å². The first-order valence-electron chi connectivity index (χ1n) is 8.42. The number of aryl methyl sites for hydroxylation is 1. The summed E-state index contributed by atoms with van der Waals surface area (Å²) in [7, 11) is -3.93. The molecule has 1 aromatic heterocycles. The number of carboxylic acids is 1. The summed E-state index contributed by atoms with van der Waals surface area (Å²) in [5.74, 6) is -0.948. The molecule has 1 aromatic carbocycles. The minimum atomic E-state index is -3.93. The standard InChI is InChI=1S/C17H21N3O5S/c1-2-12-3-4-14(11-15(12)17(21)22)26(23,24)19-16-5-8-20(18-16)13-6-9-25-10-7-13/h3-5,8,11,13H,2,6-7,9-10H2,1H3,(H,18,19)(H,21,22). The Balaban J connectivity index is 1.82. The largest absolute Gasteiger partial charge is 0.478 e. The summed E-state index contributed by atoms with van der Waals surface area (Å²) in [5, 5.41) is 13.6. The van der Waals surface area contributed by atoms with Crippen LogP contribution in [0.3, 0.4) is 0 Å². The van der Waals surface area contributed by atoms with Gasteiger partial charge < -0.3 is 9.84 Å². The molecule has 1 aliphatic rings. The number of rotatable bonds is 6. The normalized spacial score (nSPS) is 15.7.